The fourth-order valence-electron chi connectivity index (χ4n) is 2.73. The first-order valence-electron chi connectivity index (χ1n) is 7.32. The maximum absolute atomic E-state index is 5.80. The van der Waals surface area contributed by atoms with Crippen molar-refractivity contribution in [2.75, 3.05) is 31.1 Å². The van der Waals surface area contributed by atoms with Gasteiger partial charge in [-0.25, -0.2) is 4.98 Å². The molecule has 1 fully saturated rings. The van der Waals surface area contributed by atoms with E-state index in [1.165, 1.54) is 5.69 Å². The molecule has 4 rings (SSSR count). The molecule has 2 heterocycles. The summed E-state index contributed by atoms with van der Waals surface area (Å²) in [5, 5.41) is 3.37. The van der Waals surface area contributed by atoms with Crippen LogP contribution in [0.1, 0.15) is 0 Å². The Morgan fingerprint density at radius 2 is 1.68 bits per heavy atom. The number of oxazole rings is 1. The average molecular weight is 316 g/mol. The number of nitrogens with one attached hydrogen (secondary N) is 1. The number of aromatic nitrogens is 1. The highest BCUT2D eigenvalue weighted by Crippen LogP contribution is 2.26. The number of hydrogen-bond acceptors (Lipinski definition) is 4. The summed E-state index contributed by atoms with van der Waals surface area (Å²) in [4.78, 5) is 6.93. The summed E-state index contributed by atoms with van der Waals surface area (Å²) >= 11 is 0. The van der Waals surface area contributed by atoms with Gasteiger partial charge in [-0.05, 0) is 36.4 Å². The lowest BCUT2D eigenvalue weighted by molar-refractivity contribution is 0.589. The number of hydrogen-bond donors (Lipinski definition) is 1. The number of rotatable bonds is 2. The van der Waals surface area contributed by atoms with E-state index in [9.17, 15) is 0 Å². The van der Waals surface area contributed by atoms with E-state index in [1.54, 1.807) is 0 Å². The Kier molecular flexibility index (Phi) is 4.32. The molecule has 0 saturated carbocycles. The van der Waals surface area contributed by atoms with Gasteiger partial charge in [-0.3, -0.25) is 0 Å². The molecule has 2 aromatic carbocycles. The first-order valence-corrected chi connectivity index (χ1v) is 7.32. The molecule has 3 aromatic rings. The Bertz CT molecular complexity index is 715. The van der Waals surface area contributed by atoms with Crippen LogP contribution in [0.15, 0.2) is 52.9 Å². The number of piperazine rings is 1. The smallest absolute Gasteiger partial charge is 0.227 e. The van der Waals surface area contributed by atoms with E-state index in [-0.39, 0.29) is 12.4 Å². The summed E-state index contributed by atoms with van der Waals surface area (Å²) in [6, 6.07) is 16.3. The third-order valence-electron chi connectivity index (χ3n) is 3.89. The van der Waals surface area contributed by atoms with Gasteiger partial charge in [0.25, 0.3) is 0 Å². The molecule has 1 aliphatic rings. The van der Waals surface area contributed by atoms with Crippen molar-refractivity contribution in [3.05, 3.63) is 48.5 Å². The molecule has 0 amide bonds. The monoisotopic (exact) mass is 315 g/mol. The van der Waals surface area contributed by atoms with E-state index in [0.29, 0.717) is 5.89 Å². The van der Waals surface area contributed by atoms with E-state index >= 15 is 0 Å². The predicted molar refractivity (Wildman–Crippen MR) is 91.8 cm³/mol. The summed E-state index contributed by atoms with van der Waals surface area (Å²) in [7, 11) is 0. The molecule has 1 saturated heterocycles. The second kappa shape index (κ2) is 6.38. The van der Waals surface area contributed by atoms with Crippen molar-refractivity contribution in [2.45, 2.75) is 0 Å². The van der Waals surface area contributed by atoms with Gasteiger partial charge in [-0.15, -0.1) is 12.4 Å². The molecular formula is C17H18ClN3O. The highest BCUT2D eigenvalue weighted by Gasteiger charge is 2.12. The van der Waals surface area contributed by atoms with Crippen molar-refractivity contribution in [3.8, 4) is 11.5 Å². The van der Waals surface area contributed by atoms with Crippen LogP contribution in [-0.4, -0.2) is 31.2 Å². The normalized spacial score (nSPS) is 14.8. The van der Waals surface area contributed by atoms with Crippen molar-refractivity contribution in [1.29, 1.82) is 0 Å². The van der Waals surface area contributed by atoms with Gasteiger partial charge in [0.1, 0.15) is 5.52 Å². The molecule has 22 heavy (non-hydrogen) atoms. The van der Waals surface area contributed by atoms with Crippen LogP contribution in [0.3, 0.4) is 0 Å². The Morgan fingerprint density at radius 3 is 2.41 bits per heavy atom. The molecule has 0 spiro atoms. The summed E-state index contributed by atoms with van der Waals surface area (Å²) in [6.07, 6.45) is 0. The van der Waals surface area contributed by atoms with E-state index in [0.717, 1.165) is 42.8 Å². The van der Waals surface area contributed by atoms with Crippen LogP contribution in [0.5, 0.6) is 0 Å². The minimum atomic E-state index is 0. The molecule has 0 aliphatic carbocycles. The van der Waals surface area contributed by atoms with Crippen LogP contribution in [0.4, 0.5) is 5.69 Å². The number of anilines is 1. The van der Waals surface area contributed by atoms with Crippen molar-refractivity contribution < 1.29 is 4.42 Å². The van der Waals surface area contributed by atoms with Gasteiger partial charge < -0.3 is 14.6 Å². The lowest BCUT2D eigenvalue weighted by Gasteiger charge is -2.29. The van der Waals surface area contributed by atoms with Crippen molar-refractivity contribution in [2.24, 2.45) is 0 Å². The van der Waals surface area contributed by atoms with Gasteiger partial charge in [0.05, 0.1) is 0 Å². The van der Waals surface area contributed by atoms with E-state index in [2.05, 4.69) is 39.5 Å². The lowest BCUT2D eigenvalue weighted by Crippen LogP contribution is -2.43. The lowest BCUT2D eigenvalue weighted by atomic mass is 10.2. The zero-order chi connectivity index (χ0) is 14.1. The molecule has 5 heteroatoms. The predicted octanol–water partition coefficient (Wildman–Crippen LogP) is 3.33. The topological polar surface area (TPSA) is 41.3 Å². The number of benzene rings is 2. The highest BCUT2D eigenvalue weighted by molar-refractivity contribution is 5.85. The van der Waals surface area contributed by atoms with Gasteiger partial charge in [-0.1, -0.05) is 12.1 Å². The van der Waals surface area contributed by atoms with Crippen LogP contribution < -0.4 is 10.2 Å². The minimum Gasteiger partial charge on any atom is -0.436 e. The highest BCUT2D eigenvalue weighted by atomic mass is 35.5. The van der Waals surface area contributed by atoms with Crippen molar-refractivity contribution in [1.82, 2.24) is 10.3 Å². The second-order valence-electron chi connectivity index (χ2n) is 5.27. The van der Waals surface area contributed by atoms with Crippen LogP contribution in [0, 0.1) is 0 Å². The third-order valence-corrected chi connectivity index (χ3v) is 3.89. The maximum Gasteiger partial charge on any atom is 0.227 e. The first-order chi connectivity index (χ1) is 10.4. The van der Waals surface area contributed by atoms with Crippen LogP contribution in [-0.2, 0) is 0 Å². The summed E-state index contributed by atoms with van der Waals surface area (Å²) in [5.74, 6) is 0.683. The second-order valence-corrected chi connectivity index (χ2v) is 5.27. The largest absolute Gasteiger partial charge is 0.436 e. The van der Waals surface area contributed by atoms with Gasteiger partial charge in [0.15, 0.2) is 5.58 Å². The number of para-hydroxylation sites is 2. The number of fused-ring (bicyclic) bond motifs is 1. The summed E-state index contributed by atoms with van der Waals surface area (Å²) < 4.78 is 5.80. The van der Waals surface area contributed by atoms with E-state index in [4.69, 9.17) is 4.42 Å². The SMILES string of the molecule is Cl.c1ccc2oc(-c3ccc(N4CCNCC4)cc3)nc2c1. The van der Waals surface area contributed by atoms with Crippen molar-refractivity contribution in [3.63, 3.8) is 0 Å². The Morgan fingerprint density at radius 1 is 0.955 bits per heavy atom. The Balaban J connectivity index is 0.00000144. The zero-order valence-corrected chi connectivity index (χ0v) is 13.0. The summed E-state index contributed by atoms with van der Waals surface area (Å²) in [5.41, 5.74) is 4.01. The average Bonchev–Trinajstić information content (AvgIpc) is 3.00. The molecule has 1 aromatic heterocycles. The Hall–Kier alpha value is -2.04. The molecule has 1 N–H and O–H groups in total. The molecular weight excluding hydrogens is 298 g/mol. The zero-order valence-electron chi connectivity index (χ0n) is 12.2. The number of nitrogens with zero attached hydrogens (tertiary/aromatic N) is 2. The fourth-order valence-corrected chi connectivity index (χ4v) is 2.73. The fraction of sp³-hybridized carbons (Fsp3) is 0.235. The molecule has 0 atom stereocenters. The van der Waals surface area contributed by atoms with Crippen LogP contribution in [0.25, 0.3) is 22.6 Å². The molecule has 0 unspecified atom stereocenters. The summed E-state index contributed by atoms with van der Waals surface area (Å²) in [6.45, 7) is 4.21. The van der Waals surface area contributed by atoms with E-state index < -0.39 is 0 Å². The number of halogens is 1. The molecule has 1 aliphatic heterocycles. The first kappa shape index (κ1) is 14.9. The van der Waals surface area contributed by atoms with Gasteiger partial charge >= 0.3 is 0 Å². The maximum atomic E-state index is 5.80. The molecule has 0 bridgehead atoms. The third kappa shape index (κ3) is 2.80. The Labute approximate surface area is 135 Å². The van der Waals surface area contributed by atoms with E-state index in [1.807, 2.05) is 24.3 Å². The minimum absolute atomic E-state index is 0. The van der Waals surface area contributed by atoms with Gasteiger partial charge in [0, 0.05) is 37.4 Å². The molecule has 114 valence electrons. The molecule has 4 nitrogen and oxygen atoms in total. The van der Waals surface area contributed by atoms with Crippen LogP contribution >= 0.6 is 12.4 Å². The standard InChI is InChI=1S/C17H17N3O.ClH/c1-2-4-16-15(3-1)19-17(21-16)13-5-7-14(8-6-13)20-11-9-18-10-12-20;/h1-8,18H,9-12H2;1H. The van der Waals surface area contributed by atoms with Crippen molar-refractivity contribution >= 4 is 29.2 Å². The molecule has 0 radical (unpaired) electrons. The van der Waals surface area contributed by atoms with Crippen LogP contribution in [0.2, 0.25) is 0 Å². The quantitative estimate of drug-likeness (QED) is 0.787. The van der Waals surface area contributed by atoms with Gasteiger partial charge in [-0.2, -0.15) is 0 Å². The van der Waals surface area contributed by atoms with Gasteiger partial charge in [0.2, 0.25) is 5.89 Å².